The Morgan fingerprint density at radius 2 is 1.79 bits per heavy atom. The van der Waals surface area contributed by atoms with Crippen LogP contribution in [0, 0.1) is 0 Å². The van der Waals surface area contributed by atoms with Crippen LogP contribution in [0.5, 0.6) is 0 Å². The summed E-state index contributed by atoms with van der Waals surface area (Å²) in [5.41, 5.74) is 1.12. The summed E-state index contributed by atoms with van der Waals surface area (Å²) in [5, 5.41) is 4.88. The Kier molecular flexibility index (Phi) is 6.01. The van der Waals surface area contributed by atoms with Crippen LogP contribution in [0.3, 0.4) is 0 Å². The maximum absolute atomic E-state index is 12.8. The third-order valence-corrected chi connectivity index (χ3v) is 5.60. The van der Waals surface area contributed by atoms with Crippen LogP contribution in [-0.2, 0) is 4.79 Å². The van der Waals surface area contributed by atoms with Crippen LogP contribution in [0.25, 0.3) is 10.8 Å². The van der Waals surface area contributed by atoms with Crippen molar-refractivity contribution in [3.05, 3.63) is 47.5 Å². The van der Waals surface area contributed by atoms with Crippen LogP contribution < -0.4 is 5.32 Å². The Hall–Kier alpha value is -2.44. The van der Waals surface area contributed by atoms with Gasteiger partial charge in [0.1, 0.15) is 0 Å². The van der Waals surface area contributed by atoms with Crippen molar-refractivity contribution in [2.75, 3.05) is 26.7 Å². The second kappa shape index (κ2) is 8.29. The first-order valence-electron chi connectivity index (χ1n) is 9.42. The molecule has 2 aromatic carbocycles. The van der Waals surface area contributed by atoms with Gasteiger partial charge in [0.05, 0.1) is 0 Å². The lowest BCUT2D eigenvalue weighted by Gasteiger charge is -2.28. The molecule has 28 heavy (non-hydrogen) atoms. The lowest BCUT2D eigenvalue weighted by atomic mass is 9.94. The number of nitrogens with one attached hydrogen (secondary N) is 1. The van der Waals surface area contributed by atoms with E-state index in [9.17, 15) is 14.4 Å². The molecule has 3 amide bonds. The molecule has 2 aromatic rings. The van der Waals surface area contributed by atoms with Gasteiger partial charge in [-0.1, -0.05) is 24.3 Å². The van der Waals surface area contributed by atoms with Gasteiger partial charge in [-0.25, -0.2) is 0 Å². The second-order valence-electron chi connectivity index (χ2n) is 7.23. The number of nitrogens with zero attached hydrogens (tertiary/aromatic N) is 2. The third kappa shape index (κ3) is 3.50. The van der Waals surface area contributed by atoms with Gasteiger partial charge < -0.3 is 10.2 Å². The highest BCUT2D eigenvalue weighted by Crippen LogP contribution is 2.30. The molecule has 0 aromatic heterocycles. The van der Waals surface area contributed by atoms with Crippen LogP contribution in [0.15, 0.2) is 36.4 Å². The van der Waals surface area contributed by atoms with E-state index in [1.54, 1.807) is 17.0 Å². The Labute approximate surface area is 170 Å². The van der Waals surface area contributed by atoms with Crippen molar-refractivity contribution in [2.24, 2.45) is 0 Å². The van der Waals surface area contributed by atoms with Crippen molar-refractivity contribution < 1.29 is 14.4 Å². The number of amides is 3. The second-order valence-corrected chi connectivity index (χ2v) is 7.23. The molecule has 0 spiro atoms. The van der Waals surface area contributed by atoms with E-state index in [1.807, 2.05) is 31.3 Å². The molecule has 0 radical (unpaired) electrons. The zero-order valence-corrected chi connectivity index (χ0v) is 16.6. The molecule has 6 nitrogen and oxygen atoms in total. The number of carbonyl (C=O) groups is 3. The summed E-state index contributed by atoms with van der Waals surface area (Å²) in [6.45, 7) is 2.01. The monoisotopic (exact) mass is 401 g/mol. The predicted molar refractivity (Wildman–Crippen MR) is 110 cm³/mol. The quantitative estimate of drug-likeness (QED) is 0.781. The minimum absolute atomic E-state index is 0. The molecule has 0 saturated carbocycles. The van der Waals surface area contributed by atoms with Gasteiger partial charge in [-0.3, -0.25) is 19.3 Å². The van der Waals surface area contributed by atoms with Crippen LogP contribution in [0.4, 0.5) is 0 Å². The van der Waals surface area contributed by atoms with Gasteiger partial charge in [0.25, 0.3) is 11.8 Å². The molecule has 1 atom stereocenters. The zero-order chi connectivity index (χ0) is 19.0. The van der Waals surface area contributed by atoms with Crippen molar-refractivity contribution >= 4 is 40.9 Å². The predicted octanol–water partition coefficient (Wildman–Crippen LogP) is 2.46. The van der Waals surface area contributed by atoms with E-state index in [2.05, 4.69) is 5.32 Å². The first-order chi connectivity index (χ1) is 13.1. The Morgan fingerprint density at radius 3 is 2.36 bits per heavy atom. The van der Waals surface area contributed by atoms with Crippen LogP contribution in [0.2, 0.25) is 0 Å². The minimum Gasteiger partial charge on any atom is -0.341 e. The number of carbonyl (C=O) groups excluding carboxylic acids is 3. The van der Waals surface area contributed by atoms with E-state index in [0.717, 1.165) is 30.3 Å². The molecule has 4 rings (SSSR count). The van der Waals surface area contributed by atoms with Gasteiger partial charge >= 0.3 is 0 Å². The molecule has 1 fully saturated rings. The summed E-state index contributed by atoms with van der Waals surface area (Å²) >= 11 is 0. The van der Waals surface area contributed by atoms with Gasteiger partial charge in [0.2, 0.25) is 5.91 Å². The van der Waals surface area contributed by atoms with Crippen molar-refractivity contribution in [1.82, 2.24) is 15.1 Å². The summed E-state index contributed by atoms with van der Waals surface area (Å²) < 4.78 is 0. The number of rotatable bonds is 5. The lowest BCUT2D eigenvalue weighted by molar-refractivity contribution is -0.131. The molecular formula is C21H24ClN3O3. The number of benzene rings is 2. The zero-order valence-electron chi connectivity index (χ0n) is 15.8. The van der Waals surface area contributed by atoms with Crippen LogP contribution in [0.1, 0.15) is 40.0 Å². The number of imide groups is 1. The van der Waals surface area contributed by atoms with Crippen molar-refractivity contribution in [1.29, 1.82) is 0 Å². The maximum atomic E-state index is 12.8. The summed E-state index contributed by atoms with van der Waals surface area (Å²) in [6.07, 6.45) is 1.76. The SMILES string of the molecule is CN(C(=O)CCCN1C(=O)c2cccc3cccc(c23)C1=O)C1CCNC1.Cl. The maximum Gasteiger partial charge on any atom is 0.261 e. The molecule has 2 aliphatic rings. The molecule has 0 aliphatic carbocycles. The molecule has 1 N–H and O–H groups in total. The largest absolute Gasteiger partial charge is 0.341 e. The summed E-state index contributed by atoms with van der Waals surface area (Å²) in [5.74, 6) is -0.488. The molecule has 2 heterocycles. The summed E-state index contributed by atoms with van der Waals surface area (Å²) in [6, 6.07) is 11.2. The van der Waals surface area contributed by atoms with E-state index in [-0.39, 0.29) is 42.7 Å². The first-order valence-corrected chi connectivity index (χ1v) is 9.42. The van der Waals surface area contributed by atoms with Gasteiger partial charge in [-0.15, -0.1) is 12.4 Å². The topological polar surface area (TPSA) is 69.7 Å². The fourth-order valence-corrected chi connectivity index (χ4v) is 4.02. The Bertz CT molecular complexity index is 874. The highest BCUT2D eigenvalue weighted by atomic mass is 35.5. The third-order valence-electron chi connectivity index (χ3n) is 5.60. The first kappa shape index (κ1) is 20.3. The molecule has 1 saturated heterocycles. The van der Waals surface area contributed by atoms with Gasteiger partial charge in [0, 0.05) is 49.1 Å². The number of likely N-dealkylation sites (N-methyl/N-ethyl adjacent to an activating group) is 1. The Balaban J connectivity index is 0.00000225. The molecule has 1 unspecified atom stereocenters. The van der Waals surface area contributed by atoms with E-state index in [0.29, 0.717) is 24.0 Å². The average Bonchev–Trinajstić information content (AvgIpc) is 3.22. The fourth-order valence-electron chi connectivity index (χ4n) is 4.02. The van der Waals surface area contributed by atoms with Crippen molar-refractivity contribution in [3.8, 4) is 0 Å². The number of hydrogen-bond acceptors (Lipinski definition) is 4. The van der Waals surface area contributed by atoms with E-state index in [4.69, 9.17) is 0 Å². The normalized spacial score (nSPS) is 18.3. The van der Waals surface area contributed by atoms with E-state index in [1.165, 1.54) is 4.90 Å². The van der Waals surface area contributed by atoms with Gasteiger partial charge in [-0.2, -0.15) is 0 Å². The molecule has 2 aliphatic heterocycles. The Morgan fingerprint density at radius 1 is 1.14 bits per heavy atom. The van der Waals surface area contributed by atoms with Crippen LogP contribution in [-0.4, -0.2) is 60.2 Å². The minimum atomic E-state index is -0.273. The van der Waals surface area contributed by atoms with E-state index < -0.39 is 0 Å². The van der Waals surface area contributed by atoms with Crippen molar-refractivity contribution in [2.45, 2.75) is 25.3 Å². The summed E-state index contributed by atoms with van der Waals surface area (Å²) in [7, 11) is 1.83. The molecule has 148 valence electrons. The summed E-state index contributed by atoms with van der Waals surface area (Å²) in [4.78, 5) is 41.1. The van der Waals surface area contributed by atoms with Crippen molar-refractivity contribution in [3.63, 3.8) is 0 Å². The average molecular weight is 402 g/mol. The molecule has 7 heteroatoms. The highest BCUT2D eigenvalue weighted by Gasteiger charge is 2.32. The standard InChI is InChI=1S/C21H23N3O3.ClH/c1-23(15-10-11-22-13-15)18(25)9-4-12-24-20(26)16-7-2-5-14-6-3-8-17(19(14)16)21(24)27;/h2-3,5-8,15,22H,4,9-13H2,1H3;1H. The smallest absolute Gasteiger partial charge is 0.261 e. The van der Waals surface area contributed by atoms with Crippen LogP contribution >= 0.6 is 12.4 Å². The number of halogens is 1. The molecular weight excluding hydrogens is 378 g/mol. The highest BCUT2D eigenvalue weighted by molar-refractivity contribution is 6.25. The lowest BCUT2D eigenvalue weighted by Crippen LogP contribution is -2.42. The van der Waals surface area contributed by atoms with Gasteiger partial charge in [-0.05, 0) is 36.9 Å². The fraction of sp³-hybridized carbons (Fsp3) is 0.381. The molecule has 0 bridgehead atoms. The number of hydrogen-bond donors (Lipinski definition) is 1. The van der Waals surface area contributed by atoms with Gasteiger partial charge in [0.15, 0.2) is 0 Å². The van der Waals surface area contributed by atoms with E-state index >= 15 is 0 Å².